The first-order chi connectivity index (χ1) is 7.29. The molecular weight excluding hydrogens is 190 g/mol. The fraction of sp³-hybridized carbons (Fsp3) is 0. The minimum atomic E-state index is 0.191. The van der Waals surface area contributed by atoms with Crippen molar-refractivity contribution >= 4 is 21.8 Å². The van der Waals surface area contributed by atoms with Crippen LogP contribution in [0.2, 0.25) is 0 Å². The van der Waals surface area contributed by atoms with E-state index in [1.54, 1.807) is 18.2 Å². The molecule has 0 aliphatic heterocycles. The van der Waals surface area contributed by atoms with Crippen molar-refractivity contribution in [1.82, 2.24) is 4.73 Å². The van der Waals surface area contributed by atoms with E-state index in [4.69, 9.17) is 0 Å². The monoisotopic (exact) mass is 199 g/mol. The molecule has 0 radical (unpaired) electrons. The molecule has 2 N–H and O–H groups in total. The summed E-state index contributed by atoms with van der Waals surface area (Å²) in [5.41, 5.74) is 1.32. The van der Waals surface area contributed by atoms with E-state index in [1.165, 1.54) is 0 Å². The molecule has 3 rings (SSSR count). The van der Waals surface area contributed by atoms with Gasteiger partial charge >= 0.3 is 0 Å². The summed E-state index contributed by atoms with van der Waals surface area (Å²) < 4.78 is 1.10. The number of phenolic OH excluding ortho intramolecular Hbond substituents is 1. The van der Waals surface area contributed by atoms with E-state index in [0.717, 1.165) is 10.1 Å². The molecule has 0 saturated carbocycles. The second kappa shape index (κ2) is 2.67. The lowest BCUT2D eigenvalue weighted by atomic mass is 10.1. The highest BCUT2D eigenvalue weighted by molar-refractivity contribution is 6.10. The maximum atomic E-state index is 9.88. The number of aromatic nitrogens is 1. The molecule has 0 spiro atoms. The molecule has 0 unspecified atom stereocenters. The van der Waals surface area contributed by atoms with Gasteiger partial charge in [-0.25, -0.2) is 0 Å². The molecule has 0 amide bonds. The van der Waals surface area contributed by atoms with Crippen LogP contribution in [0.4, 0.5) is 0 Å². The Morgan fingerprint density at radius 3 is 2.47 bits per heavy atom. The van der Waals surface area contributed by atoms with Gasteiger partial charge in [0, 0.05) is 5.39 Å². The van der Waals surface area contributed by atoms with Gasteiger partial charge < -0.3 is 10.3 Å². The van der Waals surface area contributed by atoms with Crippen LogP contribution in [0.15, 0.2) is 42.5 Å². The van der Waals surface area contributed by atoms with Gasteiger partial charge in [-0.15, -0.1) is 0 Å². The van der Waals surface area contributed by atoms with Gasteiger partial charge in [0.05, 0.1) is 16.4 Å². The molecule has 0 bridgehead atoms. The van der Waals surface area contributed by atoms with E-state index >= 15 is 0 Å². The number of hydrogen-bond acceptors (Lipinski definition) is 2. The van der Waals surface area contributed by atoms with E-state index in [1.807, 2.05) is 24.3 Å². The second-order valence-electron chi connectivity index (χ2n) is 3.50. The number of fused-ring (bicyclic) bond motifs is 3. The standard InChI is InChI=1S/C12H9NO2/c14-11-7-3-6-10-12(11)8-4-1-2-5-9(8)13(10)15/h1-7,14-15H. The van der Waals surface area contributed by atoms with Crippen LogP contribution < -0.4 is 0 Å². The first kappa shape index (κ1) is 8.17. The number of hydrogen-bond donors (Lipinski definition) is 2. The van der Waals surface area contributed by atoms with Gasteiger partial charge in [-0.05, 0) is 18.2 Å². The molecule has 0 atom stereocenters. The summed E-state index contributed by atoms with van der Waals surface area (Å²) >= 11 is 0. The third-order valence-electron chi connectivity index (χ3n) is 2.65. The van der Waals surface area contributed by atoms with Crippen LogP contribution in [0.3, 0.4) is 0 Å². The maximum absolute atomic E-state index is 9.88. The highest BCUT2D eigenvalue weighted by Gasteiger charge is 2.11. The highest BCUT2D eigenvalue weighted by Crippen LogP contribution is 2.33. The van der Waals surface area contributed by atoms with Gasteiger partial charge in [-0.2, -0.15) is 4.73 Å². The number of phenols is 1. The van der Waals surface area contributed by atoms with Crippen LogP contribution in [-0.2, 0) is 0 Å². The molecule has 0 aliphatic carbocycles. The molecule has 3 heteroatoms. The molecule has 15 heavy (non-hydrogen) atoms. The smallest absolute Gasteiger partial charge is 0.125 e. The van der Waals surface area contributed by atoms with Crippen LogP contribution in [-0.4, -0.2) is 15.0 Å². The Kier molecular flexibility index (Phi) is 1.45. The van der Waals surface area contributed by atoms with Crippen LogP contribution in [0.25, 0.3) is 21.8 Å². The summed E-state index contributed by atoms with van der Waals surface area (Å²) in [6.45, 7) is 0. The SMILES string of the molecule is Oc1cccc2c1c1ccccc1n2O. The molecule has 0 aliphatic rings. The Bertz CT molecular complexity index is 655. The minimum absolute atomic E-state index is 0.191. The van der Waals surface area contributed by atoms with E-state index in [2.05, 4.69) is 0 Å². The average molecular weight is 199 g/mol. The van der Waals surface area contributed by atoms with E-state index in [-0.39, 0.29) is 5.75 Å². The predicted octanol–water partition coefficient (Wildman–Crippen LogP) is 2.74. The van der Waals surface area contributed by atoms with Crippen molar-refractivity contribution in [3.8, 4) is 5.75 Å². The maximum Gasteiger partial charge on any atom is 0.125 e. The molecule has 0 fully saturated rings. The number of benzene rings is 2. The van der Waals surface area contributed by atoms with Crippen molar-refractivity contribution in [3.63, 3.8) is 0 Å². The number of para-hydroxylation sites is 1. The van der Waals surface area contributed by atoms with Crippen LogP contribution in [0.5, 0.6) is 5.75 Å². The van der Waals surface area contributed by atoms with Gasteiger partial charge in [-0.3, -0.25) is 0 Å². The van der Waals surface area contributed by atoms with E-state index < -0.39 is 0 Å². The van der Waals surface area contributed by atoms with Gasteiger partial charge in [0.1, 0.15) is 5.75 Å². The Morgan fingerprint density at radius 1 is 0.867 bits per heavy atom. The molecule has 3 nitrogen and oxygen atoms in total. The van der Waals surface area contributed by atoms with Crippen molar-refractivity contribution in [3.05, 3.63) is 42.5 Å². The zero-order valence-electron chi connectivity index (χ0n) is 7.88. The summed E-state index contributed by atoms with van der Waals surface area (Å²) in [7, 11) is 0. The predicted molar refractivity (Wildman–Crippen MR) is 58.3 cm³/mol. The Labute approximate surface area is 85.8 Å². The Balaban J connectivity index is 2.70. The topological polar surface area (TPSA) is 45.4 Å². The molecule has 1 heterocycles. The number of aromatic hydroxyl groups is 1. The van der Waals surface area contributed by atoms with Crippen molar-refractivity contribution in [2.75, 3.05) is 0 Å². The first-order valence-electron chi connectivity index (χ1n) is 4.69. The Morgan fingerprint density at radius 2 is 1.60 bits per heavy atom. The molecule has 2 aromatic carbocycles. The van der Waals surface area contributed by atoms with Crippen molar-refractivity contribution in [1.29, 1.82) is 0 Å². The van der Waals surface area contributed by atoms with Crippen LogP contribution >= 0.6 is 0 Å². The lowest BCUT2D eigenvalue weighted by Gasteiger charge is -1.95. The summed E-state index contributed by atoms with van der Waals surface area (Å²) in [4.78, 5) is 0. The van der Waals surface area contributed by atoms with Crippen molar-refractivity contribution in [2.24, 2.45) is 0 Å². The van der Waals surface area contributed by atoms with Crippen molar-refractivity contribution < 1.29 is 10.3 Å². The summed E-state index contributed by atoms with van der Waals surface area (Å²) in [6, 6.07) is 12.5. The fourth-order valence-corrected chi connectivity index (χ4v) is 1.98. The minimum Gasteiger partial charge on any atom is -0.507 e. The van der Waals surface area contributed by atoms with E-state index in [0.29, 0.717) is 16.4 Å². The summed E-state index contributed by atoms with van der Waals surface area (Å²) in [5, 5.41) is 21.2. The third-order valence-corrected chi connectivity index (χ3v) is 2.65. The summed E-state index contributed by atoms with van der Waals surface area (Å²) in [5.74, 6) is 0.191. The van der Waals surface area contributed by atoms with Crippen LogP contribution in [0.1, 0.15) is 0 Å². The van der Waals surface area contributed by atoms with Crippen molar-refractivity contribution in [2.45, 2.75) is 0 Å². The summed E-state index contributed by atoms with van der Waals surface area (Å²) in [6.07, 6.45) is 0. The normalized spacial score (nSPS) is 11.2. The molecule has 74 valence electrons. The first-order valence-corrected chi connectivity index (χ1v) is 4.69. The van der Waals surface area contributed by atoms with Gasteiger partial charge in [0.15, 0.2) is 0 Å². The van der Waals surface area contributed by atoms with E-state index in [9.17, 15) is 10.3 Å². The highest BCUT2D eigenvalue weighted by atomic mass is 16.5. The molecule has 1 aromatic heterocycles. The van der Waals surface area contributed by atoms with Gasteiger partial charge in [-0.1, -0.05) is 24.3 Å². The van der Waals surface area contributed by atoms with Crippen LogP contribution in [0, 0.1) is 0 Å². The molecule has 3 aromatic rings. The van der Waals surface area contributed by atoms with Gasteiger partial charge in [0.2, 0.25) is 0 Å². The third kappa shape index (κ3) is 0.944. The zero-order valence-corrected chi connectivity index (χ0v) is 7.88. The average Bonchev–Trinajstić information content (AvgIpc) is 2.55. The quantitative estimate of drug-likeness (QED) is 0.547. The largest absolute Gasteiger partial charge is 0.507 e. The number of nitrogens with zero attached hydrogens (tertiary/aromatic N) is 1. The lowest BCUT2D eigenvalue weighted by molar-refractivity contribution is 0.213. The zero-order chi connectivity index (χ0) is 10.4. The lowest BCUT2D eigenvalue weighted by Crippen LogP contribution is -1.87. The second-order valence-corrected chi connectivity index (χ2v) is 3.50. The molecular formula is C12H9NO2. The Hall–Kier alpha value is -2.16. The molecule has 0 saturated heterocycles. The number of rotatable bonds is 0. The fourth-order valence-electron chi connectivity index (χ4n) is 1.98. The van der Waals surface area contributed by atoms with Gasteiger partial charge in [0.25, 0.3) is 0 Å².